The van der Waals surface area contributed by atoms with Crippen LogP contribution in [0.3, 0.4) is 0 Å². The fourth-order valence-corrected chi connectivity index (χ4v) is 2.25. The van der Waals surface area contributed by atoms with Crippen molar-refractivity contribution < 1.29 is 0 Å². The lowest BCUT2D eigenvalue weighted by Crippen LogP contribution is -2.27. The molecule has 1 aromatic rings. The first-order valence-electron chi connectivity index (χ1n) is 4.60. The summed E-state index contributed by atoms with van der Waals surface area (Å²) < 4.78 is 1.88. The highest BCUT2D eigenvalue weighted by Crippen LogP contribution is 2.22. The molecule has 0 aromatic carbocycles. The molecule has 0 spiro atoms. The fraction of sp³-hybridized carbons (Fsp3) is 0.700. The Morgan fingerprint density at radius 1 is 1.43 bits per heavy atom. The molecular weight excluding hydrogens is 262 g/mol. The summed E-state index contributed by atoms with van der Waals surface area (Å²) in [6, 6.07) is 0. The highest BCUT2D eigenvalue weighted by atomic mass is 79.9. The van der Waals surface area contributed by atoms with Gasteiger partial charge in [0.05, 0.1) is 0 Å². The van der Waals surface area contributed by atoms with E-state index >= 15 is 0 Å². The first-order chi connectivity index (χ1) is 6.37. The van der Waals surface area contributed by atoms with Gasteiger partial charge in [0.25, 0.3) is 0 Å². The third kappa shape index (κ3) is 2.48. The molecule has 0 unspecified atom stereocenters. The lowest BCUT2D eigenvalue weighted by Gasteiger charge is -2.22. The number of rotatable bonds is 3. The van der Waals surface area contributed by atoms with Gasteiger partial charge in [-0.25, -0.2) is 0 Å². The van der Waals surface area contributed by atoms with Gasteiger partial charge in [-0.2, -0.15) is 0 Å². The second-order valence-electron chi connectivity index (χ2n) is 4.39. The second-order valence-corrected chi connectivity index (χ2v) is 6.12. The van der Waals surface area contributed by atoms with Gasteiger partial charge in [-0.05, 0) is 19.3 Å². The predicted molar refractivity (Wildman–Crippen MR) is 65.6 cm³/mol. The van der Waals surface area contributed by atoms with Crippen LogP contribution in [0.2, 0.25) is 0 Å². The van der Waals surface area contributed by atoms with Gasteiger partial charge >= 0.3 is 4.87 Å². The minimum atomic E-state index is 0.127. The van der Waals surface area contributed by atoms with Crippen LogP contribution in [0.15, 0.2) is 4.79 Å². The SMILES string of the molecule is Cc1sc(=O)n(CC(C)(C)CBr)c1C. The zero-order valence-corrected chi connectivity index (χ0v) is 11.5. The summed E-state index contributed by atoms with van der Waals surface area (Å²) in [6.07, 6.45) is 0. The smallest absolute Gasteiger partial charge is 0.303 e. The van der Waals surface area contributed by atoms with E-state index in [0.717, 1.165) is 22.4 Å². The van der Waals surface area contributed by atoms with Gasteiger partial charge in [-0.1, -0.05) is 41.1 Å². The second kappa shape index (κ2) is 4.19. The maximum absolute atomic E-state index is 11.6. The molecule has 14 heavy (non-hydrogen) atoms. The van der Waals surface area contributed by atoms with E-state index in [9.17, 15) is 4.79 Å². The zero-order valence-electron chi connectivity index (χ0n) is 9.06. The van der Waals surface area contributed by atoms with Crippen molar-refractivity contribution in [2.75, 3.05) is 5.33 Å². The highest BCUT2D eigenvalue weighted by Gasteiger charge is 2.19. The van der Waals surface area contributed by atoms with Gasteiger partial charge < -0.3 is 4.57 Å². The molecule has 0 aliphatic rings. The number of halogens is 1. The molecule has 0 saturated heterocycles. The van der Waals surface area contributed by atoms with Crippen molar-refractivity contribution in [2.45, 2.75) is 34.2 Å². The van der Waals surface area contributed by atoms with Gasteiger partial charge in [0, 0.05) is 22.4 Å². The standard InChI is InChI=1S/C10H16BrNOS/c1-7-8(2)14-9(13)12(7)6-10(3,4)5-11/h5-6H2,1-4H3. The van der Waals surface area contributed by atoms with E-state index in [2.05, 4.69) is 29.8 Å². The molecule has 0 bridgehead atoms. The molecule has 0 radical (unpaired) electrons. The molecule has 0 aliphatic heterocycles. The average Bonchev–Trinajstić information content (AvgIpc) is 2.32. The third-order valence-corrected chi connectivity index (χ3v) is 4.84. The van der Waals surface area contributed by atoms with Crippen molar-refractivity contribution in [3.05, 3.63) is 20.2 Å². The van der Waals surface area contributed by atoms with Crippen LogP contribution in [0.4, 0.5) is 0 Å². The Morgan fingerprint density at radius 2 is 2.00 bits per heavy atom. The molecular formula is C10H16BrNOS. The number of hydrogen-bond donors (Lipinski definition) is 0. The van der Waals surface area contributed by atoms with Crippen LogP contribution in [0.1, 0.15) is 24.4 Å². The average molecular weight is 278 g/mol. The normalized spacial score (nSPS) is 12.1. The molecule has 1 heterocycles. The molecule has 0 atom stereocenters. The van der Waals surface area contributed by atoms with Gasteiger partial charge in [-0.3, -0.25) is 4.79 Å². The Labute approximate surface area is 97.1 Å². The van der Waals surface area contributed by atoms with Crippen LogP contribution in [0.5, 0.6) is 0 Å². The van der Waals surface area contributed by atoms with Crippen LogP contribution in [-0.4, -0.2) is 9.90 Å². The predicted octanol–water partition coefficient (Wildman–Crippen LogP) is 2.95. The van der Waals surface area contributed by atoms with Crippen molar-refractivity contribution in [3.8, 4) is 0 Å². The number of alkyl halides is 1. The summed E-state index contributed by atoms with van der Waals surface area (Å²) in [7, 11) is 0. The lowest BCUT2D eigenvalue weighted by atomic mass is 9.96. The summed E-state index contributed by atoms with van der Waals surface area (Å²) in [5, 5.41) is 0.904. The maximum Gasteiger partial charge on any atom is 0.307 e. The van der Waals surface area contributed by atoms with E-state index in [4.69, 9.17) is 0 Å². The molecule has 1 rings (SSSR count). The van der Waals surface area contributed by atoms with E-state index in [0.29, 0.717) is 0 Å². The van der Waals surface area contributed by atoms with Gasteiger partial charge in [0.2, 0.25) is 0 Å². The van der Waals surface area contributed by atoms with Crippen LogP contribution in [0.25, 0.3) is 0 Å². The van der Waals surface area contributed by atoms with E-state index in [1.807, 2.05) is 18.4 Å². The molecule has 0 saturated carbocycles. The van der Waals surface area contributed by atoms with Gasteiger partial charge in [-0.15, -0.1) is 0 Å². The first-order valence-corrected chi connectivity index (χ1v) is 6.54. The lowest BCUT2D eigenvalue weighted by molar-refractivity contribution is 0.348. The molecule has 0 fully saturated rings. The van der Waals surface area contributed by atoms with Crippen molar-refractivity contribution in [2.24, 2.45) is 5.41 Å². The number of thiazole rings is 1. The molecule has 4 heteroatoms. The van der Waals surface area contributed by atoms with E-state index < -0.39 is 0 Å². The Hall–Kier alpha value is -0.0900. The summed E-state index contributed by atoms with van der Waals surface area (Å²) in [4.78, 5) is 12.9. The summed E-state index contributed by atoms with van der Waals surface area (Å²) in [6.45, 7) is 9.10. The van der Waals surface area contributed by atoms with Crippen LogP contribution >= 0.6 is 27.3 Å². The first kappa shape index (κ1) is 12.0. The third-order valence-electron chi connectivity index (χ3n) is 2.32. The number of aryl methyl sites for hydroxylation is 1. The Kier molecular flexibility index (Phi) is 3.58. The topological polar surface area (TPSA) is 22.0 Å². The Balaban J connectivity index is 3.03. The molecule has 80 valence electrons. The largest absolute Gasteiger partial charge is 0.307 e. The van der Waals surface area contributed by atoms with Gasteiger partial charge in [0.15, 0.2) is 0 Å². The monoisotopic (exact) mass is 277 g/mol. The van der Waals surface area contributed by atoms with Crippen LogP contribution in [-0.2, 0) is 6.54 Å². The minimum absolute atomic E-state index is 0.127. The molecule has 0 amide bonds. The molecule has 1 aromatic heterocycles. The number of aromatic nitrogens is 1. The van der Waals surface area contributed by atoms with Crippen molar-refractivity contribution in [1.82, 2.24) is 4.57 Å². The minimum Gasteiger partial charge on any atom is -0.303 e. The maximum atomic E-state index is 11.6. The van der Waals surface area contributed by atoms with Gasteiger partial charge in [0.1, 0.15) is 0 Å². The van der Waals surface area contributed by atoms with E-state index in [-0.39, 0.29) is 10.3 Å². The highest BCUT2D eigenvalue weighted by molar-refractivity contribution is 9.09. The fourth-order valence-electron chi connectivity index (χ4n) is 1.24. The molecule has 2 nitrogen and oxygen atoms in total. The molecule has 0 aliphatic carbocycles. The Morgan fingerprint density at radius 3 is 2.36 bits per heavy atom. The summed E-state index contributed by atoms with van der Waals surface area (Å²) in [5.74, 6) is 0. The quantitative estimate of drug-likeness (QED) is 0.779. The zero-order chi connectivity index (χ0) is 10.9. The number of nitrogens with zero attached hydrogens (tertiary/aromatic N) is 1. The summed E-state index contributed by atoms with van der Waals surface area (Å²) >= 11 is 4.81. The van der Waals surface area contributed by atoms with E-state index in [1.165, 1.54) is 11.3 Å². The molecule has 0 N–H and O–H groups in total. The van der Waals surface area contributed by atoms with Crippen LogP contribution < -0.4 is 4.87 Å². The number of hydrogen-bond acceptors (Lipinski definition) is 2. The van der Waals surface area contributed by atoms with E-state index in [1.54, 1.807) is 0 Å². The van der Waals surface area contributed by atoms with Crippen molar-refractivity contribution in [3.63, 3.8) is 0 Å². The summed E-state index contributed by atoms with van der Waals surface area (Å²) in [5.41, 5.74) is 1.23. The van der Waals surface area contributed by atoms with Crippen molar-refractivity contribution >= 4 is 27.3 Å². The Bertz CT molecular complexity index is 378. The van der Waals surface area contributed by atoms with Crippen LogP contribution in [0, 0.1) is 19.3 Å². The van der Waals surface area contributed by atoms with Crippen molar-refractivity contribution in [1.29, 1.82) is 0 Å².